The number of hydrogen-bond acceptors (Lipinski definition) is 2. The molecule has 2 amide bonds. The van der Waals surface area contributed by atoms with E-state index in [1.54, 1.807) is 22.8 Å². The van der Waals surface area contributed by atoms with Crippen LogP contribution in [0.5, 0.6) is 0 Å². The summed E-state index contributed by atoms with van der Waals surface area (Å²) < 4.78 is 1.73. The van der Waals surface area contributed by atoms with E-state index in [0.717, 1.165) is 18.5 Å². The Balaban J connectivity index is 2.41. The fraction of sp³-hybridized carbons (Fsp3) is 0.600. The molecule has 1 N–H and O–H groups in total. The molecule has 1 heterocycles. The fourth-order valence-corrected chi connectivity index (χ4v) is 1.27. The number of urea groups is 1. The van der Waals surface area contributed by atoms with Crippen LogP contribution in [-0.4, -0.2) is 34.3 Å². The number of rotatable bonds is 4. The van der Waals surface area contributed by atoms with E-state index in [9.17, 15) is 4.79 Å². The minimum Gasteiger partial charge on any atom is -0.338 e. The number of nitrogens with zero attached hydrogens (tertiary/aromatic N) is 3. The van der Waals surface area contributed by atoms with Crippen molar-refractivity contribution in [2.24, 2.45) is 7.05 Å². The molecule has 0 aliphatic rings. The lowest BCUT2D eigenvalue weighted by atomic mass is 10.3. The maximum Gasteiger partial charge on any atom is 0.317 e. The molecule has 0 spiro atoms. The van der Waals surface area contributed by atoms with E-state index in [1.807, 2.05) is 20.2 Å². The van der Waals surface area contributed by atoms with Gasteiger partial charge in [-0.25, -0.2) is 4.79 Å². The van der Waals surface area contributed by atoms with E-state index in [0.29, 0.717) is 6.54 Å². The number of hydrogen-bond donors (Lipinski definition) is 1. The third kappa shape index (κ3) is 3.61. The van der Waals surface area contributed by atoms with Crippen molar-refractivity contribution in [3.8, 4) is 0 Å². The van der Waals surface area contributed by atoms with Gasteiger partial charge >= 0.3 is 6.03 Å². The molecule has 0 aliphatic heterocycles. The first-order chi connectivity index (χ1) is 7.13. The molecule has 5 heteroatoms. The summed E-state index contributed by atoms with van der Waals surface area (Å²) in [5.41, 5.74) is 1.03. The smallest absolute Gasteiger partial charge is 0.317 e. The van der Waals surface area contributed by atoms with E-state index in [-0.39, 0.29) is 6.03 Å². The molecule has 1 aromatic rings. The normalized spacial score (nSPS) is 10.1. The van der Waals surface area contributed by atoms with Crippen LogP contribution in [0.15, 0.2) is 12.4 Å². The molecule has 1 aromatic heterocycles. The van der Waals surface area contributed by atoms with Crippen molar-refractivity contribution in [3.05, 3.63) is 18.0 Å². The van der Waals surface area contributed by atoms with Crippen LogP contribution in [0, 0.1) is 0 Å². The van der Waals surface area contributed by atoms with Gasteiger partial charge in [-0.15, -0.1) is 0 Å². The molecule has 0 unspecified atom stereocenters. The summed E-state index contributed by atoms with van der Waals surface area (Å²) in [6, 6.07) is -0.0410. The van der Waals surface area contributed by atoms with Gasteiger partial charge in [0.15, 0.2) is 0 Å². The maximum absolute atomic E-state index is 11.5. The van der Waals surface area contributed by atoms with Crippen LogP contribution in [0.2, 0.25) is 0 Å². The minimum atomic E-state index is -0.0410. The molecule has 0 atom stereocenters. The van der Waals surface area contributed by atoms with Gasteiger partial charge in [0, 0.05) is 32.4 Å². The number of carbonyl (C=O) groups excluding carboxylic acids is 1. The Labute approximate surface area is 90.1 Å². The number of amides is 2. The van der Waals surface area contributed by atoms with Crippen molar-refractivity contribution in [3.63, 3.8) is 0 Å². The van der Waals surface area contributed by atoms with Gasteiger partial charge in [-0.1, -0.05) is 6.92 Å². The molecule has 0 radical (unpaired) electrons. The van der Waals surface area contributed by atoms with E-state index in [1.165, 1.54) is 0 Å². The van der Waals surface area contributed by atoms with Gasteiger partial charge in [0.1, 0.15) is 0 Å². The Morgan fingerprint density at radius 1 is 1.67 bits per heavy atom. The van der Waals surface area contributed by atoms with E-state index < -0.39 is 0 Å². The molecule has 0 saturated carbocycles. The number of aryl methyl sites for hydroxylation is 1. The predicted octanol–water partition coefficient (Wildman–Crippen LogP) is 0.971. The summed E-state index contributed by atoms with van der Waals surface area (Å²) in [7, 11) is 3.64. The summed E-state index contributed by atoms with van der Waals surface area (Å²) in [6.07, 6.45) is 4.62. The lowest BCUT2D eigenvalue weighted by molar-refractivity contribution is 0.207. The van der Waals surface area contributed by atoms with Gasteiger partial charge in [-0.3, -0.25) is 4.68 Å². The summed E-state index contributed by atoms with van der Waals surface area (Å²) in [4.78, 5) is 13.1. The van der Waals surface area contributed by atoms with Crippen LogP contribution in [0.3, 0.4) is 0 Å². The number of carbonyl (C=O) groups is 1. The molecule has 0 aromatic carbocycles. The molecular weight excluding hydrogens is 192 g/mol. The van der Waals surface area contributed by atoms with Crippen molar-refractivity contribution >= 4 is 6.03 Å². The average molecular weight is 210 g/mol. The second-order valence-corrected chi connectivity index (χ2v) is 3.61. The molecule has 0 saturated heterocycles. The van der Waals surface area contributed by atoms with Crippen LogP contribution < -0.4 is 5.32 Å². The minimum absolute atomic E-state index is 0.0410. The van der Waals surface area contributed by atoms with Crippen LogP contribution in [0.4, 0.5) is 4.79 Å². The topological polar surface area (TPSA) is 50.2 Å². The highest BCUT2D eigenvalue weighted by atomic mass is 16.2. The molecular formula is C10H18N4O. The predicted molar refractivity (Wildman–Crippen MR) is 58.4 cm³/mol. The Kier molecular flexibility index (Phi) is 4.15. The van der Waals surface area contributed by atoms with Crippen LogP contribution in [0.25, 0.3) is 0 Å². The van der Waals surface area contributed by atoms with Gasteiger partial charge in [-0.2, -0.15) is 5.10 Å². The molecule has 5 nitrogen and oxygen atoms in total. The highest BCUT2D eigenvalue weighted by molar-refractivity contribution is 5.73. The zero-order valence-electron chi connectivity index (χ0n) is 9.53. The summed E-state index contributed by atoms with van der Waals surface area (Å²) in [5.74, 6) is 0. The molecule has 1 rings (SSSR count). The highest BCUT2D eigenvalue weighted by Gasteiger charge is 2.08. The van der Waals surface area contributed by atoms with Crippen LogP contribution >= 0.6 is 0 Å². The van der Waals surface area contributed by atoms with Gasteiger partial charge < -0.3 is 10.2 Å². The highest BCUT2D eigenvalue weighted by Crippen LogP contribution is 2.00. The Hall–Kier alpha value is -1.52. The van der Waals surface area contributed by atoms with Crippen molar-refractivity contribution in [1.82, 2.24) is 20.0 Å². The van der Waals surface area contributed by atoms with Crippen LogP contribution in [-0.2, 0) is 13.6 Å². The standard InChI is InChI=1S/C10H18N4O/c1-4-5-11-10(15)13(2)7-9-6-12-14(3)8-9/h6,8H,4-5,7H2,1-3H3,(H,11,15). The third-order valence-electron chi connectivity index (χ3n) is 2.05. The molecule has 0 fully saturated rings. The first kappa shape index (κ1) is 11.6. The third-order valence-corrected chi connectivity index (χ3v) is 2.05. The van der Waals surface area contributed by atoms with E-state index in [2.05, 4.69) is 10.4 Å². The second kappa shape index (κ2) is 5.38. The first-order valence-electron chi connectivity index (χ1n) is 5.10. The molecule has 0 bridgehead atoms. The van der Waals surface area contributed by atoms with Gasteiger partial charge in [0.25, 0.3) is 0 Å². The molecule has 84 valence electrons. The lowest BCUT2D eigenvalue weighted by Gasteiger charge is -2.16. The Bertz CT molecular complexity index is 321. The quantitative estimate of drug-likeness (QED) is 0.805. The van der Waals surface area contributed by atoms with Crippen LogP contribution in [0.1, 0.15) is 18.9 Å². The largest absolute Gasteiger partial charge is 0.338 e. The zero-order chi connectivity index (χ0) is 11.3. The number of aromatic nitrogens is 2. The van der Waals surface area contributed by atoms with E-state index in [4.69, 9.17) is 0 Å². The van der Waals surface area contributed by atoms with Gasteiger partial charge in [-0.05, 0) is 6.42 Å². The first-order valence-corrected chi connectivity index (χ1v) is 5.10. The Morgan fingerprint density at radius 2 is 2.40 bits per heavy atom. The average Bonchev–Trinajstić information content (AvgIpc) is 2.60. The summed E-state index contributed by atoms with van der Waals surface area (Å²) in [5, 5.41) is 6.87. The van der Waals surface area contributed by atoms with Crippen molar-refractivity contribution in [2.75, 3.05) is 13.6 Å². The maximum atomic E-state index is 11.5. The number of nitrogens with one attached hydrogen (secondary N) is 1. The van der Waals surface area contributed by atoms with Gasteiger partial charge in [0.05, 0.1) is 12.7 Å². The monoisotopic (exact) mass is 210 g/mol. The van der Waals surface area contributed by atoms with Crippen molar-refractivity contribution < 1.29 is 4.79 Å². The lowest BCUT2D eigenvalue weighted by Crippen LogP contribution is -2.37. The summed E-state index contributed by atoms with van der Waals surface area (Å²) >= 11 is 0. The second-order valence-electron chi connectivity index (χ2n) is 3.61. The SMILES string of the molecule is CCCNC(=O)N(C)Cc1cnn(C)c1. The molecule has 0 aliphatic carbocycles. The zero-order valence-corrected chi connectivity index (χ0v) is 9.53. The van der Waals surface area contributed by atoms with Crippen molar-refractivity contribution in [1.29, 1.82) is 0 Å². The van der Waals surface area contributed by atoms with Gasteiger partial charge in [0.2, 0.25) is 0 Å². The van der Waals surface area contributed by atoms with Crippen molar-refractivity contribution in [2.45, 2.75) is 19.9 Å². The fourth-order valence-electron chi connectivity index (χ4n) is 1.27. The summed E-state index contributed by atoms with van der Waals surface area (Å²) in [6.45, 7) is 3.33. The molecule has 15 heavy (non-hydrogen) atoms. The van der Waals surface area contributed by atoms with E-state index >= 15 is 0 Å². The Morgan fingerprint density at radius 3 is 2.93 bits per heavy atom.